The molecular formula is C7H11N. The number of fused-ring (bicyclic) bond motifs is 2. The Bertz CT molecular complexity index is 106. The maximum Gasteiger partial charge on any atom is 0.0256 e. The molecule has 1 saturated heterocycles. The highest BCUT2D eigenvalue weighted by Crippen LogP contribution is 2.19. The third-order valence-corrected chi connectivity index (χ3v) is 2.03. The first kappa shape index (κ1) is 4.57. The van der Waals surface area contributed by atoms with E-state index in [1.165, 1.54) is 19.3 Å². The van der Waals surface area contributed by atoms with E-state index < -0.39 is 0 Å². The number of hydrogen-bond acceptors (Lipinski definition) is 1. The molecule has 2 atom stereocenters. The van der Waals surface area contributed by atoms with E-state index in [1.54, 1.807) is 0 Å². The first-order chi connectivity index (χ1) is 3.95. The topological polar surface area (TPSA) is 12.0 Å². The van der Waals surface area contributed by atoms with Gasteiger partial charge in [-0.05, 0) is 19.3 Å². The highest BCUT2D eigenvalue weighted by Gasteiger charge is 2.21. The molecule has 2 rings (SSSR count). The van der Waals surface area contributed by atoms with E-state index >= 15 is 0 Å². The van der Waals surface area contributed by atoms with Crippen LogP contribution in [0.3, 0.4) is 0 Å². The molecule has 0 aliphatic carbocycles. The van der Waals surface area contributed by atoms with Gasteiger partial charge in [0.25, 0.3) is 0 Å². The summed E-state index contributed by atoms with van der Waals surface area (Å²) in [7, 11) is 0. The van der Waals surface area contributed by atoms with Gasteiger partial charge in [0.15, 0.2) is 0 Å². The Morgan fingerprint density at radius 2 is 1.75 bits per heavy atom. The van der Waals surface area contributed by atoms with Crippen LogP contribution in [0.25, 0.3) is 0 Å². The van der Waals surface area contributed by atoms with Crippen molar-refractivity contribution in [3.8, 4) is 0 Å². The van der Waals surface area contributed by atoms with Crippen molar-refractivity contribution < 1.29 is 0 Å². The van der Waals surface area contributed by atoms with Gasteiger partial charge in [0.1, 0.15) is 0 Å². The summed E-state index contributed by atoms with van der Waals surface area (Å²) in [5.41, 5.74) is 0. The highest BCUT2D eigenvalue weighted by atomic mass is 15.0. The zero-order valence-corrected chi connectivity index (χ0v) is 4.93. The second-order valence-corrected chi connectivity index (χ2v) is 2.70. The quantitative estimate of drug-likeness (QED) is 0.459. The molecule has 2 aliphatic rings. The van der Waals surface area contributed by atoms with Crippen molar-refractivity contribution in [1.29, 1.82) is 0 Å². The molecule has 1 N–H and O–H groups in total. The molecule has 0 unspecified atom stereocenters. The Labute approximate surface area is 49.8 Å². The lowest BCUT2D eigenvalue weighted by Crippen LogP contribution is -2.34. The molecule has 0 radical (unpaired) electrons. The van der Waals surface area contributed by atoms with Gasteiger partial charge in [0, 0.05) is 12.1 Å². The summed E-state index contributed by atoms with van der Waals surface area (Å²) in [5.74, 6) is 0. The summed E-state index contributed by atoms with van der Waals surface area (Å²) in [4.78, 5) is 0. The fraction of sp³-hybridized carbons (Fsp3) is 0.714. The Balaban J connectivity index is 2.13. The average Bonchev–Trinajstić information content (AvgIpc) is 2.12. The van der Waals surface area contributed by atoms with Crippen molar-refractivity contribution in [2.45, 2.75) is 31.3 Å². The molecule has 2 aliphatic heterocycles. The molecule has 1 heteroatoms. The van der Waals surface area contributed by atoms with E-state index in [2.05, 4.69) is 17.5 Å². The van der Waals surface area contributed by atoms with Gasteiger partial charge in [-0.25, -0.2) is 0 Å². The van der Waals surface area contributed by atoms with Crippen LogP contribution in [-0.2, 0) is 0 Å². The van der Waals surface area contributed by atoms with E-state index in [0.717, 1.165) is 12.1 Å². The molecule has 2 bridgehead atoms. The molecule has 0 amide bonds. The minimum atomic E-state index is 0.730. The summed E-state index contributed by atoms with van der Waals surface area (Å²) < 4.78 is 0. The molecular weight excluding hydrogens is 98.1 g/mol. The number of piperidine rings is 1. The second-order valence-electron chi connectivity index (χ2n) is 2.70. The van der Waals surface area contributed by atoms with Crippen molar-refractivity contribution in [1.82, 2.24) is 5.32 Å². The minimum absolute atomic E-state index is 0.730. The van der Waals surface area contributed by atoms with Crippen LogP contribution in [0.5, 0.6) is 0 Å². The van der Waals surface area contributed by atoms with Gasteiger partial charge in [-0.15, -0.1) is 0 Å². The van der Waals surface area contributed by atoms with Crippen LogP contribution < -0.4 is 5.32 Å². The van der Waals surface area contributed by atoms with E-state index in [1.807, 2.05) is 0 Å². The minimum Gasteiger partial charge on any atom is -0.304 e. The van der Waals surface area contributed by atoms with Gasteiger partial charge in [-0.2, -0.15) is 0 Å². The van der Waals surface area contributed by atoms with Crippen LogP contribution in [0, 0.1) is 0 Å². The predicted octanol–water partition coefficient (Wildman–Crippen LogP) is 1.07. The zero-order chi connectivity index (χ0) is 5.40. The molecule has 2 heterocycles. The van der Waals surface area contributed by atoms with Crippen LogP contribution in [-0.4, -0.2) is 12.1 Å². The first-order valence-corrected chi connectivity index (χ1v) is 3.39. The maximum atomic E-state index is 3.48. The van der Waals surface area contributed by atoms with E-state index in [4.69, 9.17) is 0 Å². The second kappa shape index (κ2) is 1.59. The maximum absolute atomic E-state index is 3.48. The molecule has 0 aromatic heterocycles. The highest BCUT2D eigenvalue weighted by molar-refractivity contribution is 5.10. The standard InChI is InChI=1S/C7H11N/c1-2-6-4-5-7(3-1)8-6/h4-8H,1-3H2/t6-,7-/m1/s1. The molecule has 8 heavy (non-hydrogen) atoms. The normalized spacial score (nSPS) is 43.0. The first-order valence-electron chi connectivity index (χ1n) is 3.39. The van der Waals surface area contributed by atoms with Crippen LogP contribution >= 0.6 is 0 Å². The molecule has 44 valence electrons. The lowest BCUT2D eigenvalue weighted by atomic mass is 10.1. The molecule has 0 spiro atoms. The predicted molar refractivity (Wildman–Crippen MR) is 33.7 cm³/mol. The van der Waals surface area contributed by atoms with Gasteiger partial charge in [-0.1, -0.05) is 12.2 Å². The average molecular weight is 109 g/mol. The van der Waals surface area contributed by atoms with E-state index in [-0.39, 0.29) is 0 Å². The Hall–Kier alpha value is -0.300. The Morgan fingerprint density at radius 1 is 1.12 bits per heavy atom. The van der Waals surface area contributed by atoms with E-state index in [0.29, 0.717) is 0 Å². The molecule has 0 aromatic carbocycles. The van der Waals surface area contributed by atoms with Crippen molar-refractivity contribution in [2.24, 2.45) is 0 Å². The van der Waals surface area contributed by atoms with Crippen molar-refractivity contribution >= 4 is 0 Å². The SMILES string of the molecule is C1=C[C@H]2CCC[C@H]1N2. The van der Waals surface area contributed by atoms with Crippen molar-refractivity contribution in [3.05, 3.63) is 12.2 Å². The summed E-state index contributed by atoms with van der Waals surface area (Å²) in [5, 5.41) is 3.48. The van der Waals surface area contributed by atoms with Gasteiger partial charge in [0.05, 0.1) is 0 Å². The van der Waals surface area contributed by atoms with Crippen LogP contribution in [0.15, 0.2) is 12.2 Å². The lowest BCUT2D eigenvalue weighted by molar-refractivity contribution is 0.427. The summed E-state index contributed by atoms with van der Waals surface area (Å²) >= 11 is 0. The van der Waals surface area contributed by atoms with Crippen LogP contribution in [0.4, 0.5) is 0 Å². The van der Waals surface area contributed by atoms with Crippen LogP contribution in [0.1, 0.15) is 19.3 Å². The fourth-order valence-electron chi connectivity index (χ4n) is 1.57. The summed E-state index contributed by atoms with van der Waals surface area (Å²) in [6.45, 7) is 0. The zero-order valence-electron chi connectivity index (χ0n) is 4.93. The molecule has 0 aromatic rings. The van der Waals surface area contributed by atoms with Crippen LogP contribution in [0.2, 0.25) is 0 Å². The smallest absolute Gasteiger partial charge is 0.0256 e. The van der Waals surface area contributed by atoms with Crippen molar-refractivity contribution in [2.75, 3.05) is 0 Å². The third-order valence-electron chi connectivity index (χ3n) is 2.03. The third kappa shape index (κ3) is 0.583. The Kier molecular flexibility index (Phi) is 0.908. The number of nitrogens with one attached hydrogen (secondary N) is 1. The van der Waals surface area contributed by atoms with E-state index in [9.17, 15) is 0 Å². The fourth-order valence-corrected chi connectivity index (χ4v) is 1.57. The molecule has 1 nitrogen and oxygen atoms in total. The van der Waals surface area contributed by atoms with Gasteiger partial charge < -0.3 is 5.32 Å². The van der Waals surface area contributed by atoms with Gasteiger partial charge in [0.2, 0.25) is 0 Å². The lowest BCUT2D eigenvalue weighted by Gasteiger charge is -2.20. The summed E-state index contributed by atoms with van der Waals surface area (Å²) in [6, 6.07) is 1.46. The monoisotopic (exact) mass is 109 g/mol. The number of rotatable bonds is 0. The molecule has 1 fully saturated rings. The molecule has 0 saturated carbocycles. The number of hydrogen-bond donors (Lipinski definition) is 1. The summed E-state index contributed by atoms with van der Waals surface area (Å²) in [6.07, 6.45) is 8.73. The van der Waals surface area contributed by atoms with Gasteiger partial charge in [-0.3, -0.25) is 0 Å². The Morgan fingerprint density at radius 3 is 2.25 bits per heavy atom. The van der Waals surface area contributed by atoms with Gasteiger partial charge >= 0.3 is 0 Å². The largest absolute Gasteiger partial charge is 0.304 e. The van der Waals surface area contributed by atoms with Crippen molar-refractivity contribution in [3.63, 3.8) is 0 Å².